The number of unbranched alkanes of at least 4 members (excludes halogenated alkanes) is 2. The summed E-state index contributed by atoms with van der Waals surface area (Å²) in [4.78, 5) is 26.2. The van der Waals surface area contributed by atoms with E-state index < -0.39 is 28.7 Å². The third-order valence-electron chi connectivity index (χ3n) is 5.00. The van der Waals surface area contributed by atoms with Crippen molar-refractivity contribution in [2.24, 2.45) is 0 Å². The van der Waals surface area contributed by atoms with Crippen LogP contribution in [0, 0.1) is 0 Å². The average molecular weight is 406 g/mol. The van der Waals surface area contributed by atoms with E-state index in [0.29, 0.717) is 45.4 Å². The van der Waals surface area contributed by atoms with Crippen LogP contribution in [0.15, 0.2) is 0 Å². The van der Waals surface area contributed by atoms with Crippen molar-refractivity contribution in [1.82, 2.24) is 24.3 Å². The van der Waals surface area contributed by atoms with Crippen molar-refractivity contribution in [1.29, 1.82) is 0 Å². The normalized spacial score (nSPS) is 21.6. The van der Waals surface area contributed by atoms with E-state index in [0.717, 1.165) is 17.1 Å². The van der Waals surface area contributed by atoms with Crippen LogP contribution >= 0.6 is 0 Å². The molecule has 27 heavy (non-hydrogen) atoms. The molecule has 2 amide bonds. The van der Waals surface area contributed by atoms with E-state index in [1.807, 2.05) is 6.92 Å². The van der Waals surface area contributed by atoms with E-state index in [9.17, 15) is 18.0 Å². The maximum atomic E-state index is 13.2. The number of rotatable bonds is 9. The van der Waals surface area contributed by atoms with Crippen LogP contribution in [0.5, 0.6) is 0 Å². The Morgan fingerprint density at radius 1 is 1.22 bits per heavy atom. The molecule has 2 saturated heterocycles. The van der Waals surface area contributed by atoms with Crippen molar-refractivity contribution in [3.05, 3.63) is 0 Å². The molecule has 1 atom stereocenters. The second-order valence-electron chi connectivity index (χ2n) is 6.93. The third-order valence-corrected chi connectivity index (χ3v) is 6.99. The van der Waals surface area contributed by atoms with Gasteiger partial charge >= 0.3 is 0 Å². The summed E-state index contributed by atoms with van der Waals surface area (Å²) in [5.41, 5.74) is 1.49. The van der Waals surface area contributed by atoms with Gasteiger partial charge in [-0.05, 0) is 19.3 Å². The molecular weight excluding hydrogens is 374 g/mol. The van der Waals surface area contributed by atoms with Crippen LogP contribution < -0.4 is 10.8 Å². The quantitative estimate of drug-likeness (QED) is 0.260. The Morgan fingerprint density at radius 3 is 2.56 bits per heavy atom. The van der Waals surface area contributed by atoms with Gasteiger partial charge in [-0.3, -0.25) is 14.8 Å². The molecule has 0 aliphatic carbocycles. The molecule has 2 rings (SSSR count). The maximum absolute atomic E-state index is 13.2. The number of carbonyl (C=O) groups is 2. The minimum Gasteiger partial charge on any atom is -0.339 e. The van der Waals surface area contributed by atoms with Crippen molar-refractivity contribution in [3.8, 4) is 0 Å². The summed E-state index contributed by atoms with van der Waals surface area (Å²) in [5.74, 6) is -0.961. The Balaban J connectivity index is 2.15. The molecule has 0 aromatic heterocycles. The predicted octanol–water partition coefficient (Wildman–Crippen LogP) is -0.875. The molecule has 3 N–H and O–H groups in total. The molecule has 0 aromatic rings. The van der Waals surface area contributed by atoms with Gasteiger partial charge in [0, 0.05) is 39.3 Å². The number of nitrogens with zero attached hydrogens (tertiary/aromatic N) is 3. The van der Waals surface area contributed by atoms with E-state index in [2.05, 4.69) is 5.32 Å². The molecule has 2 heterocycles. The van der Waals surface area contributed by atoms with E-state index in [1.54, 1.807) is 4.90 Å². The highest BCUT2D eigenvalue weighted by Crippen LogP contribution is 2.25. The van der Waals surface area contributed by atoms with Gasteiger partial charge in [-0.15, -0.1) is 0 Å². The number of hydroxylamine groups is 1. The Kier molecular flexibility index (Phi) is 8.42. The van der Waals surface area contributed by atoms with Gasteiger partial charge < -0.3 is 10.2 Å². The highest BCUT2D eigenvalue weighted by Gasteiger charge is 2.43. The van der Waals surface area contributed by atoms with Gasteiger partial charge in [0.05, 0.1) is 6.54 Å². The van der Waals surface area contributed by atoms with Gasteiger partial charge in [0.1, 0.15) is 6.04 Å². The summed E-state index contributed by atoms with van der Waals surface area (Å²) in [7, 11) is -3.99. The fraction of sp³-hybridized carbons (Fsp3) is 0.875. The summed E-state index contributed by atoms with van der Waals surface area (Å²) in [6, 6.07) is -0.723. The lowest BCUT2D eigenvalue weighted by Gasteiger charge is -2.34. The van der Waals surface area contributed by atoms with Gasteiger partial charge in [-0.25, -0.2) is 5.48 Å². The highest BCUT2D eigenvalue weighted by atomic mass is 32.2. The lowest BCUT2D eigenvalue weighted by molar-refractivity contribution is -0.135. The molecular formula is C16H31N5O5S. The molecule has 0 spiro atoms. The summed E-state index contributed by atoms with van der Waals surface area (Å²) in [5, 5.41) is 12.0. The number of piperazine rings is 1. The second-order valence-corrected chi connectivity index (χ2v) is 8.81. The highest BCUT2D eigenvalue weighted by molar-refractivity contribution is 7.86. The first kappa shape index (κ1) is 22.0. The van der Waals surface area contributed by atoms with E-state index in [4.69, 9.17) is 5.21 Å². The Bertz CT molecular complexity index is 608. The van der Waals surface area contributed by atoms with Crippen molar-refractivity contribution >= 4 is 22.0 Å². The molecule has 0 radical (unpaired) electrons. The zero-order valence-corrected chi connectivity index (χ0v) is 16.7. The van der Waals surface area contributed by atoms with Crippen molar-refractivity contribution < 1.29 is 23.2 Å². The number of nitrogens with one attached hydrogen (secondary N) is 2. The number of hydrogen-bond acceptors (Lipinski definition) is 6. The molecule has 0 saturated carbocycles. The largest absolute Gasteiger partial charge is 0.339 e. The number of amides is 2. The SMILES string of the molecule is CCCCCN(CC(=O)NO)S(=O)(=O)N1CCCC1C(=O)N1CCNCC1. The minimum absolute atomic E-state index is 0.169. The van der Waals surface area contributed by atoms with Crippen molar-refractivity contribution in [3.63, 3.8) is 0 Å². The molecule has 0 bridgehead atoms. The predicted molar refractivity (Wildman–Crippen MR) is 99.1 cm³/mol. The first-order chi connectivity index (χ1) is 12.9. The summed E-state index contributed by atoms with van der Waals surface area (Å²) < 4.78 is 28.7. The molecule has 1 unspecified atom stereocenters. The van der Waals surface area contributed by atoms with Crippen LogP contribution in [0.25, 0.3) is 0 Å². The third kappa shape index (κ3) is 5.61. The van der Waals surface area contributed by atoms with Crippen LogP contribution in [-0.2, 0) is 19.8 Å². The van der Waals surface area contributed by atoms with Gasteiger partial charge in [-0.2, -0.15) is 17.0 Å². The van der Waals surface area contributed by atoms with E-state index in [1.165, 1.54) is 9.79 Å². The topological polar surface area (TPSA) is 122 Å². The van der Waals surface area contributed by atoms with Crippen LogP contribution in [0.1, 0.15) is 39.0 Å². The Labute approximate surface area is 161 Å². The van der Waals surface area contributed by atoms with E-state index >= 15 is 0 Å². The van der Waals surface area contributed by atoms with Crippen LogP contribution in [0.4, 0.5) is 0 Å². The van der Waals surface area contributed by atoms with Crippen LogP contribution in [-0.4, -0.2) is 90.8 Å². The standard InChI is InChI=1S/C16H31N5O5S/c1-2-3-4-9-20(13-15(22)18-24)27(25,26)21-10-5-6-14(21)16(23)19-11-7-17-8-12-19/h14,17,24H,2-13H2,1H3,(H,18,22). The zero-order valence-electron chi connectivity index (χ0n) is 15.9. The fourth-order valence-corrected chi connectivity index (χ4v) is 5.33. The van der Waals surface area contributed by atoms with Crippen LogP contribution in [0.3, 0.4) is 0 Å². The molecule has 0 aromatic carbocycles. The van der Waals surface area contributed by atoms with Gasteiger partial charge in [-0.1, -0.05) is 19.8 Å². The van der Waals surface area contributed by atoms with Crippen molar-refractivity contribution in [2.45, 2.75) is 45.1 Å². The monoisotopic (exact) mass is 405 g/mol. The lowest BCUT2D eigenvalue weighted by atomic mass is 10.2. The zero-order chi connectivity index (χ0) is 19.9. The second kappa shape index (κ2) is 10.3. The van der Waals surface area contributed by atoms with Gasteiger partial charge in [0.15, 0.2) is 0 Å². The first-order valence-corrected chi connectivity index (χ1v) is 11.0. The lowest BCUT2D eigenvalue weighted by Crippen LogP contribution is -2.56. The van der Waals surface area contributed by atoms with E-state index in [-0.39, 0.29) is 19.0 Å². The Morgan fingerprint density at radius 2 is 1.93 bits per heavy atom. The van der Waals surface area contributed by atoms with Crippen LogP contribution in [0.2, 0.25) is 0 Å². The molecule has 2 aliphatic heterocycles. The Hall–Kier alpha value is -1.27. The van der Waals surface area contributed by atoms with Crippen molar-refractivity contribution in [2.75, 3.05) is 45.8 Å². The number of carbonyl (C=O) groups excluding carboxylic acids is 2. The smallest absolute Gasteiger partial charge is 0.283 e. The van der Waals surface area contributed by atoms with Gasteiger partial charge in [0.25, 0.3) is 16.1 Å². The number of hydrogen-bond donors (Lipinski definition) is 3. The summed E-state index contributed by atoms with van der Waals surface area (Å²) >= 11 is 0. The fourth-order valence-electron chi connectivity index (χ4n) is 3.52. The summed E-state index contributed by atoms with van der Waals surface area (Å²) in [6.07, 6.45) is 3.44. The molecule has 2 aliphatic rings. The van der Waals surface area contributed by atoms with Gasteiger partial charge in [0.2, 0.25) is 5.91 Å². The maximum Gasteiger partial charge on any atom is 0.283 e. The molecule has 10 nitrogen and oxygen atoms in total. The first-order valence-electron chi connectivity index (χ1n) is 9.61. The molecule has 2 fully saturated rings. The average Bonchev–Trinajstić information content (AvgIpc) is 3.18. The summed E-state index contributed by atoms with van der Waals surface area (Å²) in [6.45, 7) is 4.50. The minimum atomic E-state index is -3.99. The molecule has 156 valence electrons. The molecule has 11 heteroatoms.